The van der Waals surface area contributed by atoms with Gasteiger partial charge in [-0.2, -0.15) is 9.97 Å². The van der Waals surface area contributed by atoms with Gasteiger partial charge in [0.2, 0.25) is 5.28 Å². The Morgan fingerprint density at radius 2 is 1.69 bits per heavy atom. The fourth-order valence-corrected chi connectivity index (χ4v) is 8.09. The number of aromatic nitrogens is 4. The molecule has 1 fully saturated rings. The van der Waals surface area contributed by atoms with E-state index in [1.165, 1.54) is 10.9 Å². The highest BCUT2D eigenvalue weighted by molar-refractivity contribution is 7.71. The van der Waals surface area contributed by atoms with E-state index in [-0.39, 0.29) is 28.0 Å². The Balaban J connectivity index is 1.26. The van der Waals surface area contributed by atoms with Gasteiger partial charge < -0.3 is 34.9 Å². The lowest BCUT2D eigenvalue weighted by atomic mass is 10.1. The number of nitrogens with zero attached hydrogens (tertiary/aromatic N) is 4. The van der Waals surface area contributed by atoms with Crippen molar-refractivity contribution in [2.24, 2.45) is 0 Å². The van der Waals surface area contributed by atoms with Crippen LogP contribution < -0.4 is 10.4 Å². The van der Waals surface area contributed by atoms with Crippen LogP contribution in [0.25, 0.3) is 22.3 Å². The molecule has 1 saturated heterocycles. The number of ether oxygens (including phenoxy) is 1. The number of aliphatic hydroxyl groups is 2. The summed E-state index contributed by atoms with van der Waals surface area (Å²) in [6.45, 7) is -0.498. The van der Waals surface area contributed by atoms with Gasteiger partial charge in [0.25, 0.3) is 7.52 Å². The van der Waals surface area contributed by atoms with Gasteiger partial charge in [-0.15, -0.1) is 0 Å². The summed E-state index contributed by atoms with van der Waals surface area (Å²) < 4.78 is 30.3. The second-order valence-electron chi connectivity index (χ2n) is 9.84. The molecule has 1 aliphatic heterocycles. The summed E-state index contributed by atoms with van der Waals surface area (Å²) in [6.07, 6.45) is -4.26. The fourth-order valence-electron chi connectivity index (χ4n) is 5.06. The van der Waals surface area contributed by atoms with Crippen molar-refractivity contribution < 1.29 is 43.6 Å². The lowest BCUT2D eigenvalue weighted by molar-refractivity contribution is -0.0331. The third kappa shape index (κ3) is 5.40. The molecule has 5 unspecified atom stereocenters. The maximum Gasteiger partial charge on any atom is 0.336 e. The third-order valence-corrected chi connectivity index (χ3v) is 10.8. The average molecular weight is 637 g/mol. The van der Waals surface area contributed by atoms with Crippen molar-refractivity contribution in [3.63, 3.8) is 0 Å². The molecule has 0 spiro atoms. The SMILES string of the molecule is O=C1c2ccccc2-c2cc(Nc3nc(Cl)nc4c3ncn4C3OC(CNP(=O)(O)CP(=O)(O)O)C(O)C3O)ccc21. The molecule has 0 saturated carbocycles. The molecule has 18 heteroatoms. The Bertz CT molecular complexity index is 1830. The van der Waals surface area contributed by atoms with Crippen molar-refractivity contribution in [1.82, 2.24) is 24.6 Å². The molecule has 42 heavy (non-hydrogen) atoms. The Morgan fingerprint density at radius 3 is 2.43 bits per heavy atom. The molecular weight excluding hydrogens is 614 g/mol. The van der Waals surface area contributed by atoms with Crippen molar-refractivity contribution >= 4 is 55.2 Å². The van der Waals surface area contributed by atoms with E-state index in [2.05, 4.69) is 25.4 Å². The molecular formula is C24H23ClN6O9P2. The second-order valence-corrected chi connectivity index (χ2v) is 14.4. The number of halogens is 1. The first-order chi connectivity index (χ1) is 19.8. The minimum absolute atomic E-state index is 0.0622. The monoisotopic (exact) mass is 636 g/mol. The quantitative estimate of drug-likeness (QED) is 0.0954. The highest BCUT2D eigenvalue weighted by atomic mass is 35.5. The average Bonchev–Trinajstić information content (AvgIpc) is 3.54. The number of aliphatic hydroxyl groups excluding tert-OH is 2. The van der Waals surface area contributed by atoms with E-state index in [0.717, 1.165) is 11.1 Å². The summed E-state index contributed by atoms with van der Waals surface area (Å²) in [5.41, 5.74) is 3.73. The van der Waals surface area contributed by atoms with Gasteiger partial charge >= 0.3 is 7.60 Å². The van der Waals surface area contributed by atoms with Crippen molar-refractivity contribution in [3.8, 4) is 11.1 Å². The van der Waals surface area contributed by atoms with Crippen molar-refractivity contribution in [1.29, 1.82) is 0 Å². The standard InChI is InChI=1S/C24H23ClN6O9P2/c25-24-29-21(28-11-5-6-14-15(7-11)12-3-1-2-4-13(12)18(14)32)17-22(30-24)31(9-26-17)23-20(34)19(33)16(40-23)8-27-41(35,36)10-42(37,38)39/h1-7,9,16,19-20,23,33-34H,8,10H2,(H2,27,35,36)(H,28,29,30)(H2,37,38,39). The number of imidazole rings is 1. The van der Waals surface area contributed by atoms with E-state index in [1.54, 1.807) is 24.3 Å². The zero-order chi connectivity index (χ0) is 30.0. The molecule has 0 radical (unpaired) electrons. The molecule has 6 rings (SSSR count). The normalized spacial score (nSPS) is 23.1. The highest BCUT2D eigenvalue weighted by Crippen LogP contribution is 2.52. The number of fused-ring (bicyclic) bond motifs is 4. The summed E-state index contributed by atoms with van der Waals surface area (Å²) in [5.74, 6) is -1.15. The number of rotatable bonds is 8. The fraction of sp³-hybridized carbons (Fsp3) is 0.250. The second kappa shape index (κ2) is 10.6. The largest absolute Gasteiger partial charge is 0.387 e. The Hall–Kier alpha value is -3.07. The topological polar surface area (TPSA) is 229 Å². The Labute approximate surface area is 241 Å². The van der Waals surface area contributed by atoms with Crippen molar-refractivity contribution in [2.75, 3.05) is 17.8 Å². The van der Waals surface area contributed by atoms with Crippen LogP contribution in [-0.4, -0.2) is 81.0 Å². The molecule has 2 aliphatic rings. The number of anilines is 2. The van der Waals surface area contributed by atoms with Crippen LogP contribution in [0.3, 0.4) is 0 Å². The van der Waals surface area contributed by atoms with Crippen molar-refractivity contribution in [3.05, 3.63) is 65.2 Å². The predicted molar refractivity (Wildman–Crippen MR) is 150 cm³/mol. The van der Waals surface area contributed by atoms with Gasteiger partial charge in [0, 0.05) is 23.4 Å². The lowest BCUT2D eigenvalue weighted by Crippen LogP contribution is -2.37. The maximum atomic E-state index is 12.7. The van der Waals surface area contributed by atoms with E-state index in [9.17, 15) is 29.0 Å². The minimum atomic E-state index is -4.80. The number of carbonyl (C=O) groups excluding carboxylic acids is 1. The Kier molecular flexibility index (Phi) is 7.31. The predicted octanol–water partition coefficient (Wildman–Crippen LogP) is 1.96. The zero-order valence-corrected chi connectivity index (χ0v) is 23.8. The van der Waals surface area contributed by atoms with Crippen LogP contribution in [0.4, 0.5) is 11.5 Å². The number of hydrogen-bond donors (Lipinski definition) is 7. The van der Waals surface area contributed by atoms with E-state index in [0.29, 0.717) is 16.8 Å². The van der Waals surface area contributed by atoms with E-state index < -0.39 is 52.1 Å². The molecule has 2 aromatic carbocycles. The van der Waals surface area contributed by atoms with Gasteiger partial charge in [-0.3, -0.25) is 18.5 Å². The van der Waals surface area contributed by atoms with Crippen LogP contribution in [0.5, 0.6) is 0 Å². The maximum absolute atomic E-state index is 12.7. The number of hydrogen-bond acceptors (Lipinski definition) is 10. The van der Waals surface area contributed by atoms with Gasteiger partial charge in [0.1, 0.15) is 24.2 Å². The summed E-state index contributed by atoms with van der Waals surface area (Å²) in [5, 5.41) is 26.3. The van der Waals surface area contributed by atoms with E-state index in [1.807, 2.05) is 18.2 Å². The van der Waals surface area contributed by atoms with Gasteiger partial charge in [0.05, 0.1) is 6.33 Å². The first-order valence-electron chi connectivity index (χ1n) is 12.4. The Morgan fingerprint density at radius 1 is 0.976 bits per heavy atom. The number of carbonyl (C=O) groups is 1. The van der Waals surface area contributed by atoms with Crippen LogP contribution >= 0.6 is 26.7 Å². The smallest absolute Gasteiger partial charge is 0.336 e. The van der Waals surface area contributed by atoms with Gasteiger partial charge in [0.15, 0.2) is 29.0 Å². The summed E-state index contributed by atoms with van der Waals surface area (Å²) in [7, 11) is -9.27. The van der Waals surface area contributed by atoms with Crippen LogP contribution in [0, 0.1) is 0 Å². The molecule has 220 valence electrons. The molecule has 0 amide bonds. The van der Waals surface area contributed by atoms with Crippen LogP contribution in [0.15, 0.2) is 48.8 Å². The zero-order valence-electron chi connectivity index (χ0n) is 21.3. The van der Waals surface area contributed by atoms with Crippen molar-refractivity contribution in [2.45, 2.75) is 24.5 Å². The number of nitrogens with one attached hydrogen (secondary N) is 2. The minimum Gasteiger partial charge on any atom is -0.387 e. The summed E-state index contributed by atoms with van der Waals surface area (Å²) in [6, 6.07) is 12.5. The van der Waals surface area contributed by atoms with Gasteiger partial charge in [-0.1, -0.05) is 24.3 Å². The van der Waals surface area contributed by atoms with Crippen LogP contribution in [0.2, 0.25) is 5.28 Å². The van der Waals surface area contributed by atoms with E-state index in [4.69, 9.17) is 26.1 Å². The van der Waals surface area contributed by atoms with E-state index >= 15 is 0 Å². The third-order valence-electron chi connectivity index (χ3n) is 6.91. The molecule has 1 aliphatic carbocycles. The molecule has 3 heterocycles. The number of benzene rings is 2. The first kappa shape index (κ1) is 29.0. The number of ketones is 1. The molecule has 15 nitrogen and oxygen atoms in total. The molecule has 7 N–H and O–H groups in total. The first-order valence-corrected chi connectivity index (χ1v) is 16.4. The molecule has 2 aromatic heterocycles. The molecule has 0 bridgehead atoms. The molecule has 5 atom stereocenters. The summed E-state index contributed by atoms with van der Waals surface area (Å²) in [4.78, 5) is 53.3. The summed E-state index contributed by atoms with van der Waals surface area (Å²) >= 11 is 6.22. The highest BCUT2D eigenvalue weighted by Gasteiger charge is 2.45. The molecule has 4 aromatic rings. The van der Waals surface area contributed by atoms with Gasteiger partial charge in [-0.25, -0.2) is 10.1 Å². The van der Waals surface area contributed by atoms with Crippen LogP contribution in [-0.2, 0) is 13.9 Å². The lowest BCUT2D eigenvalue weighted by Gasteiger charge is -2.19. The van der Waals surface area contributed by atoms with Gasteiger partial charge in [-0.05, 0) is 40.9 Å². The van der Waals surface area contributed by atoms with Crippen LogP contribution in [0.1, 0.15) is 22.1 Å².